The average molecular weight is 338 g/mol. The quantitative estimate of drug-likeness (QED) is 0.698. The first-order valence-corrected chi connectivity index (χ1v) is 8.15. The van der Waals surface area contributed by atoms with Crippen molar-refractivity contribution in [3.8, 4) is 0 Å². The molecule has 2 heterocycles. The number of hydrogen-bond donors (Lipinski definition) is 3. The number of nitrogens with one attached hydrogen (secondary N) is 2. The third-order valence-corrected chi connectivity index (χ3v) is 4.21. The van der Waals surface area contributed by atoms with Gasteiger partial charge >= 0.3 is 0 Å². The highest BCUT2D eigenvalue weighted by atomic mass is 32.1. The van der Waals surface area contributed by atoms with E-state index in [4.69, 9.17) is 5.73 Å². The van der Waals surface area contributed by atoms with Crippen molar-refractivity contribution in [2.45, 2.75) is 12.8 Å². The summed E-state index contributed by atoms with van der Waals surface area (Å²) in [4.78, 5) is 38.8. The van der Waals surface area contributed by atoms with Crippen LogP contribution >= 0.6 is 22.7 Å². The highest BCUT2D eigenvalue weighted by Gasteiger charge is 2.10. The minimum atomic E-state index is -0.473. The Labute approximate surface area is 134 Å². The molecule has 0 aliphatic heterocycles. The van der Waals surface area contributed by atoms with Gasteiger partial charge in [-0.1, -0.05) is 6.07 Å². The average Bonchev–Trinajstić information content (AvgIpc) is 3.09. The van der Waals surface area contributed by atoms with E-state index in [-0.39, 0.29) is 31.2 Å². The summed E-state index contributed by atoms with van der Waals surface area (Å²) in [6.07, 6.45) is 0.186. The minimum absolute atomic E-state index is 0.0449. The van der Waals surface area contributed by atoms with Crippen molar-refractivity contribution in [3.05, 3.63) is 33.5 Å². The van der Waals surface area contributed by atoms with E-state index in [2.05, 4.69) is 15.6 Å². The molecule has 2 aromatic heterocycles. The summed E-state index contributed by atoms with van der Waals surface area (Å²) in [5.74, 6) is -0.924. The monoisotopic (exact) mass is 338 g/mol. The molecule has 0 radical (unpaired) electrons. The summed E-state index contributed by atoms with van der Waals surface area (Å²) in [7, 11) is 0. The van der Waals surface area contributed by atoms with Gasteiger partial charge in [-0.25, -0.2) is 4.98 Å². The third kappa shape index (κ3) is 4.93. The molecular formula is C13H14N4O3S2. The highest BCUT2D eigenvalue weighted by molar-refractivity contribution is 7.14. The molecule has 2 aromatic rings. The zero-order chi connectivity index (χ0) is 15.9. The smallest absolute Gasteiger partial charge is 0.261 e. The number of thiophene rings is 1. The zero-order valence-corrected chi connectivity index (χ0v) is 13.1. The Balaban J connectivity index is 1.72. The van der Waals surface area contributed by atoms with Crippen LogP contribution in [0.1, 0.15) is 21.8 Å². The number of nitrogens with zero attached hydrogens (tertiary/aromatic N) is 1. The molecule has 0 unspecified atom stereocenters. The van der Waals surface area contributed by atoms with Crippen LogP contribution < -0.4 is 16.4 Å². The van der Waals surface area contributed by atoms with Crippen LogP contribution in [0.4, 0.5) is 5.13 Å². The maximum absolute atomic E-state index is 11.7. The van der Waals surface area contributed by atoms with Gasteiger partial charge in [0.15, 0.2) is 5.13 Å². The minimum Gasteiger partial charge on any atom is -0.369 e. The lowest BCUT2D eigenvalue weighted by molar-refractivity contribution is -0.117. The number of primary amides is 1. The van der Waals surface area contributed by atoms with Gasteiger partial charge in [-0.05, 0) is 11.4 Å². The van der Waals surface area contributed by atoms with E-state index >= 15 is 0 Å². The van der Waals surface area contributed by atoms with E-state index in [1.54, 1.807) is 17.5 Å². The van der Waals surface area contributed by atoms with E-state index in [1.807, 2.05) is 5.38 Å². The molecule has 0 aliphatic rings. The van der Waals surface area contributed by atoms with E-state index < -0.39 is 5.91 Å². The first kappa shape index (κ1) is 16.1. The molecule has 2 rings (SSSR count). The number of hydrogen-bond acceptors (Lipinski definition) is 6. The molecule has 0 aliphatic carbocycles. The zero-order valence-electron chi connectivity index (χ0n) is 11.5. The first-order valence-electron chi connectivity index (χ1n) is 6.39. The Kier molecular flexibility index (Phi) is 5.61. The maximum Gasteiger partial charge on any atom is 0.261 e. The standard InChI is InChI=1S/C13H14N4O3S2/c14-10(18)6-8-7-22-13(16-8)17-11(19)3-4-15-12(20)9-2-1-5-21-9/h1-2,5,7H,3-4,6H2,(H2,14,18)(H,15,20)(H,16,17,19). The number of aromatic nitrogens is 1. The largest absolute Gasteiger partial charge is 0.369 e. The molecule has 0 saturated carbocycles. The fraction of sp³-hybridized carbons (Fsp3) is 0.231. The highest BCUT2D eigenvalue weighted by Crippen LogP contribution is 2.15. The summed E-state index contributed by atoms with van der Waals surface area (Å²) in [5, 5.41) is 9.16. The third-order valence-electron chi connectivity index (χ3n) is 2.54. The van der Waals surface area contributed by atoms with Crippen LogP contribution in [0.3, 0.4) is 0 Å². The van der Waals surface area contributed by atoms with E-state index in [0.717, 1.165) is 0 Å². The van der Waals surface area contributed by atoms with Crippen LogP contribution in [0.15, 0.2) is 22.9 Å². The summed E-state index contributed by atoms with van der Waals surface area (Å²) in [6, 6.07) is 3.51. The summed E-state index contributed by atoms with van der Waals surface area (Å²) >= 11 is 2.56. The van der Waals surface area contributed by atoms with Gasteiger partial charge in [-0.3, -0.25) is 14.4 Å². The second-order valence-electron chi connectivity index (χ2n) is 4.32. The molecule has 0 atom stereocenters. The number of thiazole rings is 1. The Morgan fingerprint density at radius 1 is 1.27 bits per heavy atom. The molecule has 0 aromatic carbocycles. The van der Waals surface area contributed by atoms with Crippen LogP contribution in [0, 0.1) is 0 Å². The molecule has 0 bridgehead atoms. The van der Waals surface area contributed by atoms with Crippen molar-refractivity contribution in [2.75, 3.05) is 11.9 Å². The van der Waals surface area contributed by atoms with Gasteiger partial charge in [0.05, 0.1) is 17.0 Å². The number of rotatable bonds is 7. The molecule has 9 heteroatoms. The topological polar surface area (TPSA) is 114 Å². The van der Waals surface area contributed by atoms with Crippen molar-refractivity contribution in [1.82, 2.24) is 10.3 Å². The van der Waals surface area contributed by atoms with Gasteiger partial charge < -0.3 is 16.4 Å². The molecule has 0 saturated heterocycles. The SMILES string of the molecule is NC(=O)Cc1csc(NC(=O)CCNC(=O)c2cccs2)n1. The van der Waals surface area contributed by atoms with Crippen LogP contribution in [-0.2, 0) is 16.0 Å². The predicted octanol–water partition coefficient (Wildman–Crippen LogP) is 0.991. The molecule has 7 nitrogen and oxygen atoms in total. The van der Waals surface area contributed by atoms with Gasteiger partial charge in [-0.15, -0.1) is 22.7 Å². The lowest BCUT2D eigenvalue weighted by Gasteiger charge is -2.03. The summed E-state index contributed by atoms with van der Waals surface area (Å²) in [6.45, 7) is 0.238. The van der Waals surface area contributed by atoms with Gasteiger partial charge in [-0.2, -0.15) is 0 Å². The van der Waals surface area contributed by atoms with Crippen molar-refractivity contribution in [1.29, 1.82) is 0 Å². The Hall–Kier alpha value is -2.26. The maximum atomic E-state index is 11.7. The summed E-state index contributed by atoms with van der Waals surface area (Å²) < 4.78 is 0. The molecule has 22 heavy (non-hydrogen) atoms. The van der Waals surface area contributed by atoms with Gasteiger partial charge in [0.2, 0.25) is 11.8 Å². The van der Waals surface area contributed by atoms with Crippen molar-refractivity contribution >= 4 is 45.5 Å². The van der Waals surface area contributed by atoms with Crippen LogP contribution in [0.5, 0.6) is 0 Å². The number of carbonyl (C=O) groups is 3. The van der Waals surface area contributed by atoms with Crippen molar-refractivity contribution in [2.24, 2.45) is 5.73 Å². The van der Waals surface area contributed by atoms with Gasteiger partial charge in [0.25, 0.3) is 5.91 Å². The number of anilines is 1. The van der Waals surface area contributed by atoms with Gasteiger partial charge in [0.1, 0.15) is 0 Å². The second-order valence-corrected chi connectivity index (χ2v) is 6.12. The Morgan fingerprint density at radius 2 is 2.09 bits per heavy atom. The van der Waals surface area contributed by atoms with Crippen molar-refractivity contribution < 1.29 is 14.4 Å². The van der Waals surface area contributed by atoms with Gasteiger partial charge in [0, 0.05) is 18.3 Å². The second kappa shape index (κ2) is 7.66. The van der Waals surface area contributed by atoms with Crippen LogP contribution in [0.2, 0.25) is 0 Å². The first-order chi connectivity index (χ1) is 10.5. The molecule has 0 fully saturated rings. The lowest BCUT2D eigenvalue weighted by Crippen LogP contribution is -2.27. The number of nitrogens with two attached hydrogens (primary N) is 1. The predicted molar refractivity (Wildman–Crippen MR) is 84.9 cm³/mol. The number of carbonyl (C=O) groups excluding carboxylic acids is 3. The van der Waals surface area contributed by atoms with Crippen LogP contribution in [-0.4, -0.2) is 29.3 Å². The Bertz CT molecular complexity index is 667. The number of amides is 3. The molecular weight excluding hydrogens is 324 g/mol. The molecule has 0 spiro atoms. The summed E-state index contributed by atoms with van der Waals surface area (Å²) in [5.41, 5.74) is 5.59. The molecule has 116 valence electrons. The van der Waals surface area contributed by atoms with Crippen molar-refractivity contribution in [3.63, 3.8) is 0 Å². The van der Waals surface area contributed by atoms with E-state index in [1.165, 1.54) is 22.7 Å². The fourth-order valence-corrected chi connectivity index (χ4v) is 2.96. The van der Waals surface area contributed by atoms with E-state index in [0.29, 0.717) is 15.7 Å². The van der Waals surface area contributed by atoms with Crippen LogP contribution in [0.25, 0.3) is 0 Å². The van der Waals surface area contributed by atoms with E-state index in [9.17, 15) is 14.4 Å². The fourth-order valence-electron chi connectivity index (χ4n) is 1.59. The normalized spacial score (nSPS) is 10.2. The lowest BCUT2D eigenvalue weighted by atomic mass is 10.3. The molecule has 3 amide bonds. The Morgan fingerprint density at radius 3 is 2.77 bits per heavy atom. The molecule has 4 N–H and O–H groups in total.